The minimum atomic E-state index is -1.33. The first-order valence-electron chi connectivity index (χ1n) is 7.28. The summed E-state index contributed by atoms with van der Waals surface area (Å²) in [5.41, 5.74) is -0.146. The molecule has 22 heavy (non-hydrogen) atoms. The molecule has 1 unspecified atom stereocenters. The molecule has 1 aliphatic rings. The first kappa shape index (κ1) is 16.3. The number of rotatable bonds is 6. The van der Waals surface area contributed by atoms with Gasteiger partial charge in [-0.3, -0.25) is 4.79 Å². The number of nitrogens with one attached hydrogen (secondary N) is 1. The average Bonchev–Trinajstić information content (AvgIpc) is 2.95. The second-order valence-corrected chi connectivity index (χ2v) is 5.75. The number of amides is 1. The van der Waals surface area contributed by atoms with E-state index < -0.39 is 17.4 Å². The van der Waals surface area contributed by atoms with Crippen molar-refractivity contribution in [3.8, 4) is 5.75 Å². The van der Waals surface area contributed by atoms with E-state index in [-0.39, 0.29) is 19.6 Å². The standard InChI is InChI=1S/C16H21NO5/c1-11(2)12-3-5-13(6-4-12)22-9-14(18)17-16(15(19)20)7-8-21-10-16/h3-6,11H,7-10H2,1-2H3,(H,17,18)(H,19,20). The molecule has 2 N–H and O–H groups in total. The minimum absolute atomic E-state index is 0.0167. The lowest BCUT2D eigenvalue weighted by atomic mass is 9.99. The van der Waals surface area contributed by atoms with E-state index in [1.807, 2.05) is 12.1 Å². The summed E-state index contributed by atoms with van der Waals surface area (Å²) in [6.07, 6.45) is 0.261. The second-order valence-electron chi connectivity index (χ2n) is 5.75. The van der Waals surface area contributed by atoms with Gasteiger partial charge in [-0.15, -0.1) is 0 Å². The van der Waals surface area contributed by atoms with Crippen molar-refractivity contribution in [1.29, 1.82) is 0 Å². The van der Waals surface area contributed by atoms with Crippen LogP contribution in [0.5, 0.6) is 5.75 Å². The molecule has 1 heterocycles. The van der Waals surface area contributed by atoms with Gasteiger partial charge in [-0.05, 0) is 23.6 Å². The van der Waals surface area contributed by atoms with Gasteiger partial charge < -0.3 is 19.9 Å². The number of carboxylic acid groups (broad SMARTS) is 1. The molecule has 0 spiro atoms. The molecule has 2 rings (SSSR count). The monoisotopic (exact) mass is 307 g/mol. The lowest BCUT2D eigenvalue weighted by molar-refractivity contribution is -0.148. The molecule has 1 amide bonds. The Kier molecular flexibility index (Phi) is 5.03. The van der Waals surface area contributed by atoms with Gasteiger partial charge in [-0.1, -0.05) is 26.0 Å². The molecule has 0 radical (unpaired) electrons. The number of hydrogen-bond acceptors (Lipinski definition) is 4. The van der Waals surface area contributed by atoms with Crippen LogP contribution in [0.3, 0.4) is 0 Å². The summed E-state index contributed by atoms with van der Waals surface area (Å²) >= 11 is 0. The van der Waals surface area contributed by atoms with Crippen molar-refractivity contribution in [2.24, 2.45) is 0 Å². The van der Waals surface area contributed by atoms with Gasteiger partial charge in [0, 0.05) is 13.0 Å². The predicted molar refractivity (Wildman–Crippen MR) is 80.0 cm³/mol. The van der Waals surface area contributed by atoms with Crippen LogP contribution in [0.25, 0.3) is 0 Å². The maximum atomic E-state index is 11.9. The van der Waals surface area contributed by atoms with Crippen LogP contribution in [0.15, 0.2) is 24.3 Å². The molecule has 1 atom stereocenters. The Balaban J connectivity index is 1.88. The van der Waals surface area contributed by atoms with Crippen LogP contribution < -0.4 is 10.1 Å². The summed E-state index contributed by atoms with van der Waals surface area (Å²) in [6, 6.07) is 7.49. The van der Waals surface area contributed by atoms with Gasteiger partial charge in [0.2, 0.25) is 0 Å². The molecule has 0 saturated carbocycles. The molecule has 0 aromatic heterocycles. The summed E-state index contributed by atoms with van der Waals surface area (Å²) < 4.78 is 10.5. The molecule has 6 heteroatoms. The van der Waals surface area contributed by atoms with E-state index in [4.69, 9.17) is 9.47 Å². The number of carboxylic acids is 1. The van der Waals surface area contributed by atoms with E-state index in [1.54, 1.807) is 12.1 Å². The van der Waals surface area contributed by atoms with Crippen LogP contribution in [0.2, 0.25) is 0 Å². The van der Waals surface area contributed by atoms with Crippen molar-refractivity contribution in [2.45, 2.75) is 31.7 Å². The van der Waals surface area contributed by atoms with Gasteiger partial charge in [0.25, 0.3) is 5.91 Å². The van der Waals surface area contributed by atoms with Gasteiger partial charge in [-0.25, -0.2) is 4.79 Å². The summed E-state index contributed by atoms with van der Waals surface area (Å²) in [5, 5.41) is 11.7. The number of hydrogen-bond donors (Lipinski definition) is 2. The molecule has 1 saturated heterocycles. The zero-order valence-corrected chi connectivity index (χ0v) is 12.8. The summed E-state index contributed by atoms with van der Waals surface area (Å²) in [6.45, 7) is 4.27. The Bertz CT molecular complexity index is 532. The fourth-order valence-electron chi connectivity index (χ4n) is 2.29. The van der Waals surface area contributed by atoms with Crippen LogP contribution in [-0.4, -0.2) is 42.3 Å². The molecular weight excluding hydrogens is 286 g/mol. The molecule has 120 valence electrons. The van der Waals surface area contributed by atoms with Gasteiger partial charge in [0.05, 0.1) is 6.61 Å². The van der Waals surface area contributed by atoms with E-state index in [2.05, 4.69) is 19.2 Å². The molecule has 1 aromatic rings. The molecule has 1 aromatic carbocycles. The zero-order valence-electron chi connectivity index (χ0n) is 12.8. The van der Waals surface area contributed by atoms with Crippen LogP contribution in [0.4, 0.5) is 0 Å². The Morgan fingerprint density at radius 1 is 1.36 bits per heavy atom. The van der Waals surface area contributed by atoms with E-state index in [9.17, 15) is 14.7 Å². The first-order chi connectivity index (χ1) is 10.4. The topological polar surface area (TPSA) is 84.9 Å². The highest BCUT2D eigenvalue weighted by atomic mass is 16.5. The summed E-state index contributed by atoms with van der Waals surface area (Å²) in [5.74, 6) is -0.554. The highest BCUT2D eigenvalue weighted by molar-refractivity contribution is 5.88. The zero-order chi connectivity index (χ0) is 16.2. The number of aliphatic carboxylic acids is 1. The second kappa shape index (κ2) is 6.79. The Morgan fingerprint density at radius 3 is 2.55 bits per heavy atom. The van der Waals surface area contributed by atoms with Gasteiger partial charge in [0.15, 0.2) is 12.1 Å². The van der Waals surface area contributed by atoms with Crippen LogP contribution in [0, 0.1) is 0 Å². The van der Waals surface area contributed by atoms with E-state index in [1.165, 1.54) is 5.56 Å². The predicted octanol–water partition coefficient (Wildman–Crippen LogP) is 1.55. The SMILES string of the molecule is CC(C)c1ccc(OCC(=O)NC2(C(=O)O)CCOC2)cc1. The largest absolute Gasteiger partial charge is 0.484 e. The third-order valence-electron chi connectivity index (χ3n) is 3.73. The smallest absolute Gasteiger partial charge is 0.331 e. The first-order valence-corrected chi connectivity index (χ1v) is 7.28. The van der Waals surface area contributed by atoms with E-state index >= 15 is 0 Å². The quantitative estimate of drug-likeness (QED) is 0.833. The summed E-state index contributed by atoms with van der Waals surface area (Å²) in [4.78, 5) is 23.2. The van der Waals surface area contributed by atoms with Gasteiger partial charge in [0.1, 0.15) is 5.75 Å². The van der Waals surface area contributed by atoms with E-state index in [0.29, 0.717) is 18.3 Å². The molecule has 6 nitrogen and oxygen atoms in total. The number of ether oxygens (including phenoxy) is 2. The highest BCUT2D eigenvalue weighted by Gasteiger charge is 2.43. The Hall–Kier alpha value is -2.08. The highest BCUT2D eigenvalue weighted by Crippen LogP contribution is 2.20. The van der Waals surface area contributed by atoms with Crippen molar-refractivity contribution in [1.82, 2.24) is 5.32 Å². The maximum Gasteiger partial charge on any atom is 0.331 e. The van der Waals surface area contributed by atoms with Crippen molar-refractivity contribution in [2.75, 3.05) is 19.8 Å². The third kappa shape index (κ3) is 3.76. The fraction of sp³-hybridized carbons (Fsp3) is 0.500. The Labute approximate surface area is 129 Å². The summed E-state index contributed by atoms with van der Waals surface area (Å²) in [7, 11) is 0. The normalized spacial score (nSPS) is 20.9. The molecular formula is C16H21NO5. The van der Waals surface area contributed by atoms with Crippen molar-refractivity contribution in [3.05, 3.63) is 29.8 Å². The maximum absolute atomic E-state index is 11.9. The molecule has 1 aliphatic heterocycles. The average molecular weight is 307 g/mol. The minimum Gasteiger partial charge on any atom is -0.484 e. The number of benzene rings is 1. The van der Waals surface area contributed by atoms with Crippen molar-refractivity contribution in [3.63, 3.8) is 0 Å². The van der Waals surface area contributed by atoms with Crippen LogP contribution in [0.1, 0.15) is 31.7 Å². The molecule has 0 aliphatic carbocycles. The van der Waals surface area contributed by atoms with Crippen LogP contribution in [-0.2, 0) is 14.3 Å². The van der Waals surface area contributed by atoms with Gasteiger partial charge in [-0.2, -0.15) is 0 Å². The number of carbonyl (C=O) groups is 2. The lowest BCUT2D eigenvalue weighted by Crippen LogP contribution is -2.56. The third-order valence-corrected chi connectivity index (χ3v) is 3.73. The van der Waals surface area contributed by atoms with E-state index in [0.717, 1.165) is 0 Å². The van der Waals surface area contributed by atoms with Crippen LogP contribution >= 0.6 is 0 Å². The van der Waals surface area contributed by atoms with Crippen molar-refractivity contribution < 1.29 is 24.2 Å². The number of carbonyl (C=O) groups excluding carboxylic acids is 1. The van der Waals surface area contributed by atoms with Crippen molar-refractivity contribution >= 4 is 11.9 Å². The Morgan fingerprint density at radius 2 is 2.05 bits per heavy atom. The van der Waals surface area contributed by atoms with Gasteiger partial charge >= 0.3 is 5.97 Å². The lowest BCUT2D eigenvalue weighted by Gasteiger charge is -2.23. The fourth-order valence-corrected chi connectivity index (χ4v) is 2.29. The molecule has 1 fully saturated rings. The molecule has 0 bridgehead atoms.